The van der Waals surface area contributed by atoms with E-state index in [0.717, 1.165) is 22.7 Å². The van der Waals surface area contributed by atoms with Crippen LogP contribution >= 0.6 is 0 Å². The highest BCUT2D eigenvalue weighted by Gasteiger charge is 2.62. The van der Waals surface area contributed by atoms with E-state index in [1.54, 1.807) is 32.4 Å². The number of anilines is 1. The third-order valence-electron chi connectivity index (χ3n) is 7.17. The van der Waals surface area contributed by atoms with Crippen LogP contribution in [0.25, 0.3) is 0 Å². The normalized spacial score (nSPS) is 24.6. The third kappa shape index (κ3) is 3.38. The van der Waals surface area contributed by atoms with Gasteiger partial charge < -0.3 is 19.3 Å². The SMILES string of the molecule is COc1cc(CN2C(=O)NC(=O)[C@@]3(Cc4ccccc4N4CCN(C)C[C@H]43)C2=O)cc(OC)c1. The molecule has 2 aromatic carbocycles. The summed E-state index contributed by atoms with van der Waals surface area (Å²) in [5.74, 6) is 0.109. The number of amides is 4. The van der Waals surface area contributed by atoms with Crippen LogP contribution in [0.2, 0.25) is 0 Å². The number of nitrogens with zero attached hydrogens (tertiary/aromatic N) is 3. The summed E-state index contributed by atoms with van der Waals surface area (Å²) in [5.41, 5.74) is 1.25. The first kappa shape index (κ1) is 22.2. The Hall–Kier alpha value is -3.59. The lowest BCUT2D eigenvalue weighted by atomic mass is 9.67. The lowest BCUT2D eigenvalue weighted by Crippen LogP contribution is -2.74. The summed E-state index contributed by atoms with van der Waals surface area (Å²) in [4.78, 5) is 46.0. The highest BCUT2D eigenvalue weighted by molar-refractivity contribution is 6.20. The number of imide groups is 2. The number of para-hydroxylation sites is 1. The van der Waals surface area contributed by atoms with Gasteiger partial charge in [0, 0.05) is 31.4 Å². The summed E-state index contributed by atoms with van der Waals surface area (Å²) >= 11 is 0. The molecule has 0 unspecified atom stereocenters. The maximum atomic E-state index is 14.1. The van der Waals surface area contributed by atoms with Crippen molar-refractivity contribution in [2.24, 2.45) is 5.41 Å². The van der Waals surface area contributed by atoms with E-state index in [9.17, 15) is 14.4 Å². The average Bonchev–Trinajstić information content (AvgIpc) is 2.84. The zero-order valence-corrected chi connectivity index (χ0v) is 19.5. The van der Waals surface area contributed by atoms with Crippen LogP contribution in [0.4, 0.5) is 10.5 Å². The number of carbonyl (C=O) groups excluding carboxylic acids is 3. The number of methoxy groups -OCH3 is 2. The predicted octanol–water partition coefficient (Wildman–Crippen LogP) is 1.65. The Kier molecular flexibility index (Phi) is 5.44. The van der Waals surface area contributed by atoms with Gasteiger partial charge in [-0.2, -0.15) is 0 Å². The zero-order valence-electron chi connectivity index (χ0n) is 19.5. The van der Waals surface area contributed by atoms with Crippen molar-refractivity contribution in [3.63, 3.8) is 0 Å². The van der Waals surface area contributed by atoms with E-state index in [0.29, 0.717) is 30.2 Å². The van der Waals surface area contributed by atoms with Gasteiger partial charge in [0.05, 0.1) is 26.8 Å². The van der Waals surface area contributed by atoms with Crippen molar-refractivity contribution < 1.29 is 23.9 Å². The number of carbonyl (C=O) groups is 3. The van der Waals surface area contributed by atoms with Crippen LogP contribution in [0.3, 0.4) is 0 Å². The Labute approximate surface area is 198 Å². The van der Waals surface area contributed by atoms with Gasteiger partial charge in [-0.25, -0.2) is 4.79 Å². The number of hydrogen-bond donors (Lipinski definition) is 1. The average molecular weight is 465 g/mol. The van der Waals surface area contributed by atoms with E-state index in [2.05, 4.69) is 15.1 Å². The summed E-state index contributed by atoms with van der Waals surface area (Å²) in [7, 11) is 5.07. The van der Waals surface area contributed by atoms with Crippen molar-refractivity contribution in [3.8, 4) is 11.5 Å². The van der Waals surface area contributed by atoms with E-state index >= 15 is 0 Å². The van der Waals surface area contributed by atoms with Gasteiger partial charge in [0.2, 0.25) is 11.8 Å². The van der Waals surface area contributed by atoms with Crippen molar-refractivity contribution in [2.45, 2.75) is 19.0 Å². The second kappa shape index (κ2) is 8.32. The van der Waals surface area contributed by atoms with Crippen LogP contribution < -0.4 is 19.7 Å². The number of hydrogen-bond acceptors (Lipinski definition) is 7. The van der Waals surface area contributed by atoms with Crippen LogP contribution in [0.5, 0.6) is 11.5 Å². The highest BCUT2D eigenvalue weighted by atomic mass is 16.5. The molecule has 34 heavy (non-hydrogen) atoms. The molecule has 0 saturated carbocycles. The molecule has 5 rings (SSSR count). The van der Waals surface area contributed by atoms with Gasteiger partial charge in [0.25, 0.3) is 0 Å². The first-order chi connectivity index (χ1) is 16.4. The molecule has 1 N–H and O–H groups in total. The lowest BCUT2D eigenvalue weighted by molar-refractivity contribution is -0.154. The van der Waals surface area contributed by atoms with E-state index in [-0.39, 0.29) is 19.0 Å². The van der Waals surface area contributed by atoms with E-state index in [1.807, 2.05) is 31.3 Å². The van der Waals surface area contributed by atoms with Gasteiger partial charge in [0.1, 0.15) is 11.5 Å². The second-order valence-electron chi connectivity index (χ2n) is 9.12. The number of benzene rings is 2. The largest absolute Gasteiger partial charge is 0.497 e. The van der Waals surface area contributed by atoms with Crippen LogP contribution in [0.1, 0.15) is 11.1 Å². The van der Waals surface area contributed by atoms with Crippen LogP contribution in [0, 0.1) is 5.41 Å². The molecule has 2 atom stereocenters. The molecule has 4 amide bonds. The first-order valence-corrected chi connectivity index (χ1v) is 11.3. The fourth-order valence-electron chi connectivity index (χ4n) is 5.43. The minimum absolute atomic E-state index is 0.00252. The third-order valence-corrected chi connectivity index (χ3v) is 7.17. The Morgan fingerprint density at radius 2 is 1.74 bits per heavy atom. The number of nitrogens with one attached hydrogen (secondary N) is 1. The molecule has 2 fully saturated rings. The highest BCUT2D eigenvalue weighted by Crippen LogP contribution is 2.45. The van der Waals surface area contributed by atoms with Crippen LogP contribution in [-0.4, -0.2) is 74.6 Å². The van der Waals surface area contributed by atoms with Gasteiger partial charge in [-0.3, -0.25) is 19.8 Å². The molecule has 2 aromatic rings. The topological polar surface area (TPSA) is 91.4 Å². The predicted molar refractivity (Wildman–Crippen MR) is 125 cm³/mol. The summed E-state index contributed by atoms with van der Waals surface area (Å²) < 4.78 is 10.7. The number of piperazine rings is 1. The molecule has 0 aliphatic carbocycles. The number of barbiturate groups is 1. The summed E-state index contributed by atoms with van der Waals surface area (Å²) in [6.07, 6.45) is 0.244. The van der Waals surface area contributed by atoms with Gasteiger partial charge in [0.15, 0.2) is 5.41 Å². The Morgan fingerprint density at radius 1 is 1.03 bits per heavy atom. The quantitative estimate of drug-likeness (QED) is 0.688. The second-order valence-corrected chi connectivity index (χ2v) is 9.12. The van der Waals surface area contributed by atoms with Crippen LogP contribution in [0.15, 0.2) is 42.5 Å². The van der Waals surface area contributed by atoms with E-state index < -0.39 is 23.3 Å². The van der Waals surface area contributed by atoms with Gasteiger partial charge in [-0.15, -0.1) is 0 Å². The molecule has 9 nitrogen and oxygen atoms in total. The fraction of sp³-hybridized carbons (Fsp3) is 0.400. The first-order valence-electron chi connectivity index (χ1n) is 11.3. The standard InChI is InChI=1S/C25H28N4O5/c1-27-8-9-28-20-7-5-4-6-17(20)13-25(21(28)15-27)22(30)26-24(32)29(23(25)31)14-16-10-18(33-2)12-19(11-16)34-3/h4-7,10-12,21H,8-9,13-15H2,1-3H3,(H,26,30,32)/t21-,25-/m0/s1. The van der Waals surface area contributed by atoms with Crippen molar-refractivity contribution in [2.75, 3.05) is 45.8 Å². The number of likely N-dealkylation sites (N-methyl/N-ethyl adjacent to an activating group) is 1. The molecule has 0 radical (unpaired) electrons. The number of ether oxygens (including phenoxy) is 2. The molecule has 0 aromatic heterocycles. The molecular weight excluding hydrogens is 436 g/mol. The molecule has 178 valence electrons. The summed E-state index contributed by atoms with van der Waals surface area (Å²) in [6.45, 7) is 2.06. The number of rotatable bonds is 4. The minimum Gasteiger partial charge on any atom is -0.497 e. The van der Waals surface area contributed by atoms with Crippen molar-refractivity contribution in [1.82, 2.24) is 15.1 Å². The fourth-order valence-corrected chi connectivity index (χ4v) is 5.43. The number of fused-ring (bicyclic) bond motifs is 4. The molecule has 3 heterocycles. The maximum Gasteiger partial charge on any atom is 0.331 e. The molecule has 9 heteroatoms. The number of urea groups is 1. The van der Waals surface area contributed by atoms with Gasteiger partial charge in [-0.1, -0.05) is 18.2 Å². The smallest absolute Gasteiger partial charge is 0.331 e. The Balaban J connectivity index is 1.57. The zero-order chi connectivity index (χ0) is 24.0. The van der Waals surface area contributed by atoms with Crippen molar-refractivity contribution in [1.29, 1.82) is 0 Å². The summed E-state index contributed by atoms with van der Waals surface area (Å²) in [6, 6.07) is 12.0. The molecular formula is C25H28N4O5. The molecule has 0 bridgehead atoms. The van der Waals surface area contributed by atoms with Crippen molar-refractivity contribution >= 4 is 23.5 Å². The Bertz CT molecular complexity index is 1150. The maximum absolute atomic E-state index is 14.1. The monoisotopic (exact) mass is 464 g/mol. The molecule has 3 aliphatic rings. The van der Waals surface area contributed by atoms with E-state index in [1.165, 1.54) is 0 Å². The molecule has 3 aliphatic heterocycles. The molecule has 1 spiro atoms. The summed E-state index contributed by atoms with van der Waals surface area (Å²) in [5, 5.41) is 2.50. The van der Waals surface area contributed by atoms with E-state index in [4.69, 9.17) is 9.47 Å². The van der Waals surface area contributed by atoms with Gasteiger partial charge in [-0.05, 0) is 42.8 Å². The van der Waals surface area contributed by atoms with Gasteiger partial charge >= 0.3 is 6.03 Å². The van der Waals surface area contributed by atoms with Crippen molar-refractivity contribution in [3.05, 3.63) is 53.6 Å². The minimum atomic E-state index is -1.40. The molecule has 2 saturated heterocycles. The lowest BCUT2D eigenvalue weighted by Gasteiger charge is -2.55. The Morgan fingerprint density at radius 3 is 2.44 bits per heavy atom. The van der Waals surface area contributed by atoms with Crippen LogP contribution in [-0.2, 0) is 22.6 Å².